The van der Waals surface area contributed by atoms with Crippen molar-refractivity contribution in [2.75, 3.05) is 12.3 Å². The van der Waals surface area contributed by atoms with Crippen LogP contribution >= 0.6 is 27.7 Å². The lowest BCUT2D eigenvalue weighted by molar-refractivity contribution is -0.118. The minimum absolute atomic E-state index is 0.123. The van der Waals surface area contributed by atoms with Gasteiger partial charge in [0.15, 0.2) is 5.16 Å². The van der Waals surface area contributed by atoms with Gasteiger partial charge in [-0.2, -0.15) is 0 Å². The minimum atomic E-state index is -0.235. The van der Waals surface area contributed by atoms with Gasteiger partial charge in [0.05, 0.1) is 29.2 Å². The average Bonchev–Trinajstić information content (AvgIpc) is 2.71. The number of carbonyl (C=O) groups excluding carboxylic acids is 1. The first-order valence-electron chi connectivity index (χ1n) is 8.61. The monoisotopic (exact) mass is 455 g/mol. The SMILES string of the molecule is C#CCNC(=O)CSc1nc2ccc(Br)cc2c(=O)n1C(C)c1ccccc1. The van der Waals surface area contributed by atoms with Gasteiger partial charge in [-0.1, -0.05) is 63.9 Å². The molecule has 0 radical (unpaired) electrons. The van der Waals surface area contributed by atoms with Gasteiger partial charge in [0.25, 0.3) is 5.56 Å². The summed E-state index contributed by atoms with van der Waals surface area (Å²) in [6.07, 6.45) is 5.17. The van der Waals surface area contributed by atoms with Gasteiger partial charge in [-0.25, -0.2) is 4.98 Å². The van der Waals surface area contributed by atoms with Crippen molar-refractivity contribution in [3.63, 3.8) is 0 Å². The summed E-state index contributed by atoms with van der Waals surface area (Å²) >= 11 is 4.64. The van der Waals surface area contributed by atoms with E-state index in [0.717, 1.165) is 10.0 Å². The van der Waals surface area contributed by atoms with Crippen LogP contribution in [0, 0.1) is 12.3 Å². The van der Waals surface area contributed by atoms with E-state index in [0.29, 0.717) is 16.1 Å². The summed E-state index contributed by atoms with van der Waals surface area (Å²) in [6.45, 7) is 2.12. The number of nitrogens with one attached hydrogen (secondary N) is 1. The van der Waals surface area contributed by atoms with E-state index in [2.05, 4.69) is 32.2 Å². The minimum Gasteiger partial charge on any atom is -0.344 e. The molecule has 7 heteroatoms. The topological polar surface area (TPSA) is 64.0 Å². The Kier molecular flexibility index (Phi) is 6.55. The zero-order valence-corrected chi connectivity index (χ0v) is 17.6. The molecule has 0 aliphatic rings. The molecule has 0 saturated carbocycles. The number of aromatic nitrogens is 2. The summed E-state index contributed by atoms with van der Waals surface area (Å²) in [5.74, 6) is 2.29. The number of rotatable bonds is 6. The van der Waals surface area contributed by atoms with E-state index in [4.69, 9.17) is 6.42 Å². The molecular weight excluding hydrogens is 438 g/mol. The van der Waals surface area contributed by atoms with E-state index in [1.807, 2.05) is 43.3 Å². The first kappa shape index (κ1) is 20.2. The second kappa shape index (κ2) is 9.09. The van der Waals surface area contributed by atoms with Gasteiger partial charge in [0, 0.05) is 4.47 Å². The second-order valence-electron chi connectivity index (χ2n) is 6.09. The van der Waals surface area contributed by atoms with Crippen molar-refractivity contribution < 1.29 is 4.79 Å². The van der Waals surface area contributed by atoms with Crippen LogP contribution in [0.1, 0.15) is 18.5 Å². The highest BCUT2D eigenvalue weighted by Gasteiger charge is 2.19. The second-order valence-corrected chi connectivity index (χ2v) is 7.95. The zero-order valence-electron chi connectivity index (χ0n) is 15.2. The van der Waals surface area contributed by atoms with Gasteiger partial charge in [0.2, 0.25) is 5.91 Å². The standard InChI is InChI=1S/C21H18BrN3O2S/c1-3-11-23-19(26)13-28-21-24-18-10-9-16(22)12-17(18)20(27)25(21)14(2)15-7-5-4-6-8-15/h1,4-10,12,14H,11,13H2,2H3,(H,23,26). The van der Waals surface area contributed by atoms with Crippen molar-refractivity contribution in [3.05, 3.63) is 68.9 Å². The Bertz CT molecular complexity index is 1110. The smallest absolute Gasteiger partial charge is 0.262 e. The molecule has 3 aromatic rings. The van der Waals surface area contributed by atoms with Crippen LogP contribution in [0.5, 0.6) is 0 Å². The Morgan fingerprint density at radius 3 is 2.79 bits per heavy atom. The molecule has 0 fully saturated rings. The maximum absolute atomic E-state index is 13.3. The Morgan fingerprint density at radius 1 is 1.32 bits per heavy atom. The van der Waals surface area contributed by atoms with Crippen molar-refractivity contribution in [3.8, 4) is 12.3 Å². The van der Waals surface area contributed by atoms with Gasteiger partial charge in [-0.3, -0.25) is 14.2 Å². The highest BCUT2D eigenvalue weighted by atomic mass is 79.9. The number of hydrogen-bond acceptors (Lipinski definition) is 4. The largest absolute Gasteiger partial charge is 0.344 e. The molecule has 0 saturated heterocycles. The van der Waals surface area contributed by atoms with E-state index in [1.165, 1.54) is 11.8 Å². The third-order valence-electron chi connectivity index (χ3n) is 4.22. The molecule has 142 valence electrons. The molecule has 1 heterocycles. The first-order valence-corrected chi connectivity index (χ1v) is 10.4. The molecule has 3 rings (SSSR count). The molecule has 1 N–H and O–H groups in total. The highest BCUT2D eigenvalue weighted by Crippen LogP contribution is 2.25. The van der Waals surface area contributed by atoms with E-state index in [1.54, 1.807) is 16.7 Å². The normalized spacial score (nSPS) is 11.8. The number of thioether (sulfide) groups is 1. The maximum atomic E-state index is 13.3. The predicted octanol–water partition coefficient (Wildman–Crippen LogP) is 3.61. The quantitative estimate of drug-likeness (QED) is 0.350. The Balaban J connectivity index is 2.07. The lowest BCUT2D eigenvalue weighted by Gasteiger charge is -2.20. The summed E-state index contributed by atoms with van der Waals surface area (Å²) in [7, 11) is 0. The molecule has 1 unspecified atom stereocenters. The fourth-order valence-corrected chi connectivity index (χ4v) is 4.07. The number of hydrogen-bond donors (Lipinski definition) is 1. The van der Waals surface area contributed by atoms with Crippen LogP contribution in [0.25, 0.3) is 10.9 Å². The summed E-state index contributed by atoms with van der Waals surface area (Å²) in [5, 5.41) is 3.64. The first-order chi connectivity index (χ1) is 13.5. The van der Waals surface area contributed by atoms with Gasteiger partial charge in [-0.05, 0) is 30.7 Å². The van der Waals surface area contributed by atoms with E-state index in [9.17, 15) is 9.59 Å². The molecule has 5 nitrogen and oxygen atoms in total. The predicted molar refractivity (Wildman–Crippen MR) is 117 cm³/mol. The molecule has 0 aliphatic carbocycles. The maximum Gasteiger partial charge on any atom is 0.262 e. The molecule has 28 heavy (non-hydrogen) atoms. The average molecular weight is 456 g/mol. The van der Waals surface area contributed by atoms with Crippen molar-refractivity contribution >= 4 is 44.5 Å². The third kappa shape index (κ3) is 4.46. The van der Waals surface area contributed by atoms with Crippen LogP contribution in [-0.2, 0) is 4.79 Å². The summed E-state index contributed by atoms with van der Waals surface area (Å²) in [6, 6.07) is 14.9. The Labute approximate surface area is 175 Å². The number of halogens is 1. The van der Waals surface area contributed by atoms with E-state index >= 15 is 0 Å². The summed E-state index contributed by atoms with van der Waals surface area (Å²) in [4.78, 5) is 29.9. The van der Waals surface area contributed by atoms with Gasteiger partial charge < -0.3 is 5.32 Å². The number of nitrogens with zero attached hydrogens (tertiary/aromatic N) is 2. The van der Waals surface area contributed by atoms with Gasteiger partial charge >= 0.3 is 0 Å². The highest BCUT2D eigenvalue weighted by molar-refractivity contribution is 9.10. The number of carbonyl (C=O) groups is 1. The van der Waals surface area contributed by atoms with Gasteiger partial charge in [-0.15, -0.1) is 6.42 Å². The number of terminal acetylenes is 1. The molecule has 0 bridgehead atoms. The molecule has 1 amide bonds. The van der Waals surface area contributed by atoms with E-state index in [-0.39, 0.29) is 29.8 Å². The number of fused-ring (bicyclic) bond motifs is 1. The summed E-state index contributed by atoms with van der Waals surface area (Å²) in [5.41, 5.74) is 1.44. The molecular formula is C21H18BrN3O2S. The van der Waals surface area contributed by atoms with E-state index < -0.39 is 0 Å². The lowest BCUT2D eigenvalue weighted by atomic mass is 10.1. The van der Waals surface area contributed by atoms with Crippen molar-refractivity contribution in [1.29, 1.82) is 0 Å². The van der Waals surface area contributed by atoms with Crippen LogP contribution in [0.3, 0.4) is 0 Å². The number of benzene rings is 2. The van der Waals surface area contributed by atoms with Crippen LogP contribution in [0.2, 0.25) is 0 Å². The fourth-order valence-electron chi connectivity index (χ4n) is 2.81. The number of amides is 1. The van der Waals surface area contributed by atoms with Crippen molar-refractivity contribution in [2.45, 2.75) is 18.1 Å². The Hall–Kier alpha value is -2.56. The third-order valence-corrected chi connectivity index (χ3v) is 5.67. The molecule has 0 aliphatic heterocycles. The zero-order chi connectivity index (χ0) is 20.1. The van der Waals surface area contributed by atoms with Crippen LogP contribution < -0.4 is 10.9 Å². The molecule has 1 atom stereocenters. The molecule has 1 aromatic heterocycles. The van der Waals surface area contributed by atoms with Crippen LogP contribution in [-0.4, -0.2) is 27.8 Å². The lowest BCUT2D eigenvalue weighted by Crippen LogP contribution is -2.29. The van der Waals surface area contributed by atoms with Crippen molar-refractivity contribution in [1.82, 2.24) is 14.9 Å². The fraction of sp³-hybridized carbons (Fsp3) is 0.190. The summed E-state index contributed by atoms with van der Waals surface area (Å²) < 4.78 is 2.45. The van der Waals surface area contributed by atoms with Crippen molar-refractivity contribution in [2.24, 2.45) is 0 Å². The molecule has 0 spiro atoms. The van der Waals surface area contributed by atoms with Gasteiger partial charge in [0.1, 0.15) is 0 Å². The molecule has 2 aromatic carbocycles. The van der Waals surface area contributed by atoms with Crippen LogP contribution in [0.4, 0.5) is 0 Å². The van der Waals surface area contributed by atoms with Crippen LogP contribution in [0.15, 0.2) is 63.0 Å². The Morgan fingerprint density at radius 2 is 2.07 bits per heavy atom.